The van der Waals surface area contributed by atoms with Gasteiger partial charge in [-0.2, -0.15) is 0 Å². The van der Waals surface area contributed by atoms with Gasteiger partial charge in [0.05, 0.1) is 6.10 Å². The molecule has 1 N–H and O–H groups in total. The van der Waals surface area contributed by atoms with Gasteiger partial charge in [-0.1, -0.05) is 13.8 Å². The third-order valence-electron chi connectivity index (χ3n) is 4.28. The van der Waals surface area contributed by atoms with Crippen molar-refractivity contribution in [3.05, 3.63) is 16.1 Å². The molecule has 1 aliphatic rings. The van der Waals surface area contributed by atoms with Gasteiger partial charge in [0.25, 0.3) is 0 Å². The minimum Gasteiger partial charge on any atom is -0.378 e. The molecule has 4 heteroatoms. The third-order valence-corrected chi connectivity index (χ3v) is 5.19. The number of rotatable bonds is 6. The van der Waals surface area contributed by atoms with Gasteiger partial charge in [-0.3, -0.25) is 0 Å². The summed E-state index contributed by atoms with van der Waals surface area (Å²) in [5.41, 5.74) is 0.280. The maximum absolute atomic E-state index is 5.82. The van der Waals surface area contributed by atoms with Crippen LogP contribution in [0.1, 0.15) is 43.5 Å². The molecular formula is C14H24N2OS. The number of ether oxygens (including phenoxy) is 1. The first-order valence-corrected chi connectivity index (χ1v) is 7.68. The van der Waals surface area contributed by atoms with Gasteiger partial charge in [0.2, 0.25) is 0 Å². The molecule has 0 saturated heterocycles. The molecule has 1 aromatic heterocycles. The van der Waals surface area contributed by atoms with Crippen molar-refractivity contribution >= 4 is 11.3 Å². The average molecular weight is 268 g/mol. The van der Waals surface area contributed by atoms with E-state index in [4.69, 9.17) is 4.74 Å². The minimum atomic E-state index is 0.280. The van der Waals surface area contributed by atoms with E-state index in [1.54, 1.807) is 11.3 Å². The Bertz CT molecular complexity index is 393. The second kappa shape index (κ2) is 5.68. The van der Waals surface area contributed by atoms with E-state index in [0.717, 1.165) is 26.0 Å². The van der Waals surface area contributed by atoms with Crippen molar-refractivity contribution in [1.29, 1.82) is 0 Å². The molecule has 1 fully saturated rings. The van der Waals surface area contributed by atoms with E-state index in [1.165, 1.54) is 9.88 Å². The predicted molar refractivity (Wildman–Crippen MR) is 75.9 cm³/mol. The number of aryl methyl sites for hydroxylation is 1. The zero-order valence-electron chi connectivity index (χ0n) is 11.8. The van der Waals surface area contributed by atoms with Crippen LogP contribution < -0.4 is 5.32 Å². The molecule has 0 spiro atoms. The molecule has 2 rings (SSSR count). The van der Waals surface area contributed by atoms with Crippen LogP contribution in [0.5, 0.6) is 0 Å². The van der Waals surface area contributed by atoms with E-state index in [0.29, 0.717) is 12.1 Å². The summed E-state index contributed by atoms with van der Waals surface area (Å²) in [6.07, 6.45) is 4.65. The van der Waals surface area contributed by atoms with Crippen LogP contribution in [-0.2, 0) is 11.3 Å². The van der Waals surface area contributed by atoms with Crippen molar-refractivity contribution in [2.24, 2.45) is 5.41 Å². The highest BCUT2D eigenvalue weighted by Crippen LogP contribution is 2.45. The van der Waals surface area contributed by atoms with Crippen LogP contribution in [0.25, 0.3) is 0 Å². The van der Waals surface area contributed by atoms with Crippen molar-refractivity contribution in [3.63, 3.8) is 0 Å². The fourth-order valence-corrected chi connectivity index (χ4v) is 3.50. The molecule has 3 nitrogen and oxygen atoms in total. The van der Waals surface area contributed by atoms with Crippen LogP contribution in [0.2, 0.25) is 0 Å². The average Bonchev–Trinajstić information content (AvgIpc) is 2.77. The summed E-state index contributed by atoms with van der Waals surface area (Å²) in [7, 11) is 0. The molecule has 102 valence electrons. The van der Waals surface area contributed by atoms with Gasteiger partial charge < -0.3 is 10.1 Å². The maximum atomic E-state index is 5.82. The summed E-state index contributed by atoms with van der Waals surface area (Å²) >= 11 is 1.78. The van der Waals surface area contributed by atoms with Gasteiger partial charge in [-0.15, -0.1) is 11.3 Å². The summed E-state index contributed by atoms with van der Waals surface area (Å²) in [5, 5.41) is 4.83. The van der Waals surface area contributed by atoms with Gasteiger partial charge in [-0.05, 0) is 26.7 Å². The smallest absolute Gasteiger partial charge is 0.107 e. The molecule has 1 saturated carbocycles. The lowest BCUT2D eigenvalue weighted by Crippen LogP contribution is -2.61. The maximum Gasteiger partial charge on any atom is 0.107 e. The van der Waals surface area contributed by atoms with Crippen molar-refractivity contribution in [1.82, 2.24) is 10.3 Å². The summed E-state index contributed by atoms with van der Waals surface area (Å²) in [4.78, 5) is 5.68. The molecule has 18 heavy (non-hydrogen) atoms. The summed E-state index contributed by atoms with van der Waals surface area (Å²) in [6, 6.07) is 0.559. The summed E-state index contributed by atoms with van der Waals surface area (Å²) < 4.78 is 5.82. The monoisotopic (exact) mass is 268 g/mol. The van der Waals surface area contributed by atoms with E-state index in [1.807, 2.05) is 6.20 Å². The second-order valence-corrected chi connectivity index (χ2v) is 6.66. The molecule has 0 aromatic carbocycles. The first kappa shape index (κ1) is 14.0. The molecule has 3 atom stereocenters. The van der Waals surface area contributed by atoms with Gasteiger partial charge in [0, 0.05) is 35.7 Å². The van der Waals surface area contributed by atoms with Crippen molar-refractivity contribution in [2.45, 2.75) is 59.2 Å². The normalized spacial score (nSPS) is 31.3. The Morgan fingerprint density at radius 2 is 2.33 bits per heavy atom. The Balaban J connectivity index is 1.87. The van der Waals surface area contributed by atoms with E-state index in [2.05, 4.69) is 38.0 Å². The van der Waals surface area contributed by atoms with Crippen molar-refractivity contribution in [3.8, 4) is 0 Å². The molecule has 0 radical (unpaired) electrons. The van der Waals surface area contributed by atoms with Gasteiger partial charge in [0.1, 0.15) is 5.01 Å². The Labute approximate surface area is 114 Å². The topological polar surface area (TPSA) is 34.1 Å². The first-order chi connectivity index (χ1) is 8.60. The Hall–Kier alpha value is -0.450. The van der Waals surface area contributed by atoms with Crippen LogP contribution in [-0.4, -0.2) is 23.7 Å². The zero-order chi connectivity index (χ0) is 13.2. The van der Waals surface area contributed by atoms with E-state index in [-0.39, 0.29) is 5.41 Å². The SMILES string of the molecule is CCOC1CC(NCc2ncc(C)s2)C1(C)CC. The van der Waals surface area contributed by atoms with Crippen LogP contribution in [0.3, 0.4) is 0 Å². The second-order valence-electron chi connectivity index (χ2n) is 5.34. The number of thiazole rings is 1. The highest BCUT2D eigenvalue weighted by Gasteiger charge is 2.50. The van der Waals surface area contributed by atoms with E-state index in [9.17, 15) is 0 Å². The molecule has 0 bridgehead atoms. The molecule has 3 unspecified atom stereocenters. The fraction of sp³-hybridized carbons (Fsp3) is 0.786. The Morgan fingerprint density at radius 1 is 1.56 bits per heavy atom. The van der Waals surface area contributed by atoms with Gasteiger partial charge in [-0.25, -0.2) is 4.98 Å². The third kappa shape index (κ3) is 2.60. The summed E-state index contributed by atoms with van der Waals surface area (Å²) in [6.45, 7) is 10.5. The first-order valence-electron chi connectivity index (χ1n) is 6.86. The standard InChI is InChI=1S/C14H24N2OS/c1-5-14(4)11(7-12(14)17-6-2)15-9-13-16-8-10(3)18-13/h8,11-12,15H,5-7,9H2,1-4H3. The quantitative estimate of drug-likeness (QED) is 0.860. The van der Waals surface area contributed by atoms with E-state index >= 15 is 0 Å². The van der Waals surface area contributed by atoms with Crippen LogP contribution >= 0.6 is 11.3 Å². The predicted octanol–water partition coefficient (Wildman–Crippen LogP) is 3.13. The molecule has 1 heterocycles. The van der Waals surface area contributed by atoms with Crippen LogP contribution in [0.15, 0.2) is 6.20 Å². The minimum absolute atomic E-state index is 0.280. The van der Waals surface area contributed by atoms with Crippen molar-refractivity contribution in [2.75, 3.05) is 6.61 Å². The van der Waals surface area contributed by atoms with Gasteiger partial charge in [0.15, 0.2) is 0 Å². The molecule has 0 amide bonds. The van der Waals surface area contributed by atoms with Gasteiger partial charge >= 0.3 is 0 Å². The molecule has 1 aliphatic carbocycles. The van der Waals surface area contributed by atoms with Crippen molar-refractivity contribution < 1.29 is 4.74 Å². The zero-order valence-corrected chi connectivity index (χ0v) is 12.6. The number of nitrogens with zero attached hydrogens (tertiary/aromatic N) is 1. The Kier molecular flexibility index (Phi) is 4.41. The molecule has 0 aliphatic heterocycles. The van der Waals surface area contributed by atoms with Crippen LogP contribution in [0, 0.1) is 12.3 Å². The van der Waals surface area contributed by atoms with Crippen LogP contribution in [0.4, 0.5) is 0 Å². The number of nitrogens with one attached hydrogen (secondary N) is 1. The Morgan fingerprint density at radius 3 is 2.89 bits per heavy atom. The highest BCUT2D eigenvalue weighted by atomic mass is 32.1. The lowest BCUT2D eigenvalue weighted by atomic mass is 9.61. The van der Waals surface area contributed by atoms with E-state index < -0.39 is 0 Å². The largest absolute Gasteiger partial charge is 0.378 e. The number of hydrogen-bond acceptors (Lipinski definition) is 4. The lowest BCUT2D eigenvalue weighted by Gasteiger charge is -2.53. The molecule has 1 aromatic rings. The number of aromatic nitrogens is 1. The highest BCUT2D eigenvalue weighted by molar-refractivity contribution is 7.11. The molecular weight excluding hydrogens is 244 g/mol. The lowest BCUT2D eigenvalue weighted by molar-refractivity contribution is -0.126. The summed E-state index contributed by atoms with van der Waals surface area (Å²) in [5.74, 6) is 0. The number of hydrogen-bond donors (Lipinski definition) is 1. The fourth-order valence-electron chi connectivity index (χ4n) is 2.76.